The first-order valence-corrected chi connectivity index (χ1v) is 7.15. The molecular weight excluding hydrogens is 328 g/mol. The topological polar surface area (TPSA) is 146 Å². The predicted molar refractivity (Wildman–Crippen MR) is 74.7 cm³/mol. The van der Waals surface area contributed by atoms with Gasteiger partial charge in [-0.1, -0.05) is 0 Å². The van der Waals surface area contributed by atoms with Crippen LogP contribution in [-0.2, 0) is 38.1 Å². The minimum atomic E-state index is -1.48. The molecule has 0 aliphatic carbocycles. The number of hydrogen-bond acceptors (Lipinski definition) is 9. The minimum absolute atomic E-state index is 0.378. The van der Waals surface area contributed by atoms with Gasteiger partial charge in [-0.15, -0.1) is 0 Å². The fourth-order valence-corrected chi connectivity index (χ4v) is 2.34. The van der Waals surface area contributed by atoms with Crippen molar-refractivity contribution < 1.29 is 48.3 Å². The molecular formula is C14H20O10. The van der Waals surface area contributed by atoms with Gasteiger partial charge in [-0.2, -0.15) is 0 Å². The van der Waals surface area contributed by atoms with Crippen LogP contribution < -0.4 is 0 Å². The number of aliphatic carboxylic acids is 1. The van der Waals surface area contributed by atoms with E-state index in [0.717, 1.165) is 20.8 Å². The van der Waals surface area contributed by atoms with E-state index in [-0.39, 0.29) is 6.61 Å². The second-order valence-corrected chi connectivity index (χ2v) is 5.25. The van der Waals surface area contributed by atoms with Crippen molar-refractivity contribution in [3.8, 4) is 0 Å². The molecule has 1 saturated heterocycles. The van der Waals surface area contributed by atoms with E-state index >= 15 is 0 Å². The van der Waals surface area contributed by atoms with Gasteiger partial charge in [0, 0.05) is 20.8 Å². The smallest absolute Gasteiger partial charge is 0.306 e. The summed E-state index contributed by atoms with van der Waals surface area (Å²) >= 11 is 0. The Kier molecular flexibility index (Phi) is 7.11. The number of carboxylic acid groups (broad SMARTS) is 1. The third-order valence-electron chi connectivity index (χ3n) is 3.19. The van der Waals surface area contributed by atoms with E-state index in [9.17, 15) is 24.3 Å². The molecule has 1 heterocycles. The first kappa shape index (κ1) is 19.8. The second-order valence-electron chi connectivity index (χ2n) is 5.25. The highest BCUT2D eigenvalue weighted by Gasteiger charge is 2.50. The van der Waals surface area contributed by atoms with E-state index in [4.69, 9.17) is 24.1 Å². The van der Waals surface area contributed by atoms with Gasteiger partial charge in [0.2, 0.25) is 0 Å². The number of hydrogen-bond donors (Lipinski definition) is 2. The molecule has 1 fully saturated rings. The number of aliphatic hydroxyl groups is 1. The molecule has 5 atom stereocenters. The number of aliphatic hydroxyl groups excluding tert-OH is 1. The Morgan fingerprint density at radius 3 is 1.92 bits per heavy atom. The van der Waals surface area contributed by atoms with Crippen molar-refractivity contribution in [1.82, 2.24) is 0 Å². The highest BCUT2D eigenvalue weighted by atomic mass is 16.6. The number of rotatable bonds is 6. The highest BCUT2D eigenvalue weighted by Crippen LogP contribution is 2.28. The lowest BCUT2D eigenvalue weighted by Gasteiger charge is -2.42. The van der Waals surface area contributed by atoms with Crippen LogP contribution in [0.25, 0.3) is 0 Å². The van der Waals surface area contributed by atoms with Crippen LogP contribution in [0.1, 0.15) is 27.2 Å². The Morgan fingerprint density at radius 2 is 1.46 bits per heavy atom. The van der Waals surface area contributed by atoms with Crippen molar-refractivity contribution in [2.24, 2.45) is 0 Å². The molecule has 0 aromatic heterocycles. The zero-order chi connectivity index (χ0) is 18.4. The summed E-state index contributed by atoms with van der Waals surface area (Å²) in [5.74, 6) is -3.41. The quantitative estimate of drug-likeness (QED) is 0.453. The van der Waals surface area contributed by atoms with E-state index < -0.39 is 60.8 Å². The van der Waals surface area contributed by atoms with Gasteiger partial charge in [0.25, 0.3) is 0 Å². The monoisotopic (exact) mass is 348 g/mol. The summed E-state index contributed by atoms with van der Waals surface area (Å²) in [6.45, 7) is 2.94. The number of carboxylic acids is 1. The van der Waals surface area contributed by atoms with Gasteiger partial charge in [-0.05, 0) is 0 Å². The summed E-state index contributed by atoms with van der Waals surface area (Å²) in [6.07, 6.45) is -7.06. The number of carbonyl (C=O) groups is 4. The molecule has 0 amide bonds. The van der Waals surface area contributed by atoms with Gasteiger partial charge >= 0.3 is 23.9 Å². The van der Waals surface area contributed by atoms with Crippen molar-refractivity contribution in [3.63, 3.8) is 0 Å². The summed E-state index contributed by atoms with van der Waals surface area (Å²) < 4.78 is 20.1. The lowest BCUT2D eigenvalue weighted by atomic mass is 9.93. The Labute approximate surface area is 137 Å². The Bertz CT molecular complexity index is 502. The average Bonchev–Trinajstić information content (AvgIpc) is 2.42. The molecule has 24 heavy (non-hydrogen) atoms. The lowest BCUT2D eigenvalue weighted by molar-refractivity contribution is -0.248. The molecule has 0 aromatic carbocycles. The molecule has 2 unspecified atom stereocenters. The summed E-state index contributed by atoms with van der Waals surface area (Å²) in [6, 6.07) is 0. The summed E-state index contributed by atoms with van der Waals surface area (Å²) in [4.78, 5) is 44.5. The van der Waals surface area contributed by atoms with Crippen LogP contribution in [0.3, 0.4) is 0 Å². The van der Waals surface area contributed by atoms with E-state index in [0.29, 0.717) is 0 Å². The molecule has 0 saturated carbocycles. The molecule has 10 nitrogen and oxygen atoms in total. The number of carbonyl (C=O) groups excluding carboxylic acids is 3. The van der Waals surface area contributed by atoms with Crippen LogP contribution in [-0.4, -0.2) is 71.2 Å². The standard InChI is InChI=1S/C14H20O10/c1-6(15)21-5-10-12(20)14(23-8(3)17)13(22-7(2)16)9(24-10)4-11(18)19/h9-10,12-14,20H,4-5H2,1-3H3,(H,18,19)/t9-,10?,12-,13-,14?/m1/s1. The van der Waals surface area contributed by atoms with Gasteiger partial charge in [0.15, 0.2) is 12.2 Å². The molecule has 0 spiro atoms. The Morgan fingerprint density at radius 1 is 0.917 bits per heavy atom. The number of esters is 3. The maximum absolute atomic E-state index is 11.3. The van der Waals surface area contributed by atoms with E-state index in [2.05, 4.69) is 0 Å². The fourth-order valence-electron chi connectivity index (χ4n) is 2.34. The molecule has 10 heteroatoms. The van der Waals surface area contributed by atoms with Crippen molar-refractivity contribution in [3.05, 3.63) is 0 Å². The zero-order valence-electron chi connectivity index (χ0n) is 13.5. The molecule has 1 rings (SSSR count). The maximum Gasteiger partial charge on any atom is 0.306 e. The third-order valence-corrected chi connectivity index (χ3v) is 3.19. The first-order valence-electron chi connectivity index (χ1n) is 7.15. The van der Waals surface area contributed by atoms with Gasteiger partial charge < -0.3 is 29.2 Å². The van der Waals surface area contributed by atoms with Gasteiger partial charge in [0.05, 0.1) is 6.42 Å². The third kappa shape index (κ3) is 5.78. The number of ether oxygens (including phenoxy) is 4. The molecule has 136 valence electrons. The summed E-state index contributed by atoms with van der Waals surface area (Å²) in [7, 11) is 0. The second kappa shape index (κ2) is 8.60. The van der Waals surface area contributed by atoms with Crippen molar-refractivity contribution in [2.75, 3.05) is 6.61 Å². The first-order chi connectivity index (χ1) is 11.1. The van der Waals surface area contributed by atoms with Crippen LogP contribution in [0.4, 0.5) is 0 Å². The molecule has 0 bridgehead atoms. The van der Waals surface area contributed by atoms with Crippen LogP contribution in [0.2, 0.25) is 0 Å². The Hall–Kier alpha value is -2.20. The van der Waals surface area contributed by atoms with E-state index in [1.807, 2.05) is 0 Å². The highest BCUT2D eigenvalue weighted by molar-refractivity contribution is 5.69. The van der Waals surface area contributed by atoms with Gasteiger partial charge in [-0.3, -0.25) is 19.2 Å². The molecule has 1 aliphatic rings. The minimum Gasteiger partial charge on any atom is -0.481 e. The van der Waals surface area contributed by atoms with Crippen molar-refractivity contribution in [1.29, 1.82) is 0 Å². The van der Waals surface area contributed by atoms with Crippen LogP contribution >= 0.6 is 0 Å². The SMILES string of the molecule is CC(=O)OCC1O[C@H](CC(=O)O)[C@@H](OC(C)=O)C(OC(C)=O)[C@@H]1O. The van der Waals surface area contributed by atoms with Gasteiger partial charge in [-0.25, -0.2) is 0 Å². The fraction of sp³-hybridized carbons (Fsp3) is 0.714. The predicted octanol–water partition coefficient (Wildman–Crippen LogP) is -0.984. The van der Waals surface area contributed by atoms with Crippen LogP contribution in [0, 0.1) is 0 Å². The van der Waals surface area contributed by atoms with Crippen molar-refractivity contribution >= 4 is 23.9 Å². The zero-order valence-corrected chi connectivity index (χ0v) is 13.5. The van der Waals surface area contributed by atoms with E-state index in [1.54, 1.807) is 0 Å². The molecule has 0 aromatic rings. The Balaban J connectivity index is 3.07. The molecule has 2 N–H and O–H groups in total. The lowest BCUT2D eigenvalue weighted by Crippen LogP contribution is -2.61. The summed E-state index contributed by atoms with van der Waals surface area (Å²) in [5, 5.41) is 19.3. The average molecular weight is 348 g/mol. The van der Waals surface area contributed by atoms with Crippen LogP contribution in [0.5, 0.6) is 0 Å². The van der Waals surface area contributed by atoms with Crippen molar-refractivity contribution in [2.45, 2.75) is 57.7 Å². The van der Waals surface area contributed by atoms with Crippen LogP contribution in [0.15, 0.2) is 0 Å². The molecule has 1 aliphatic heterocycles. The summed E-state index contributed by atoms with van der Waals surface area (Å²) in [5.41, 5.74) is 0. The molecule has 0 radical (unpaired) electrons. The van der Waals surface area contributed by atoms with Gasteiger partial charge in [0.1, 0.15) is 24.9 Å². The normalized spacial score (nSPS) is 29.4. The maximum atomic E-state index is 11.3. The van der Waals surface area contributed by atoms with E-state index in [1.165, 1.54) is 0 Å². The largest absolute Gasteiger partial charge is 0.481 e.